The Balaban J connectivity index is 2.13. The number of imidazole rings is 1. The molecule has 2 heterocycles. The van der Waals surface area contributed by atoms with Gasteiger partial charge in [0.15, 0.2) is 0 Å². The Morgan fingerprint density at radius 1 is 1.43 bits per heavy atom. The Kier molecular flexibility index (Phi) is 4.82. The van der Waals surface area contributed by atoms with Gasteiger partial charge in [-0.1, -0.05) is 13.8 Å². The highest BCUT2D eigenvalue weighted by atomic mass is 16.5. The van der Waals surface area contributed by atoms with Gasteiger partial charge in [0.2, 0.25) is 5.91 Å². The first-order chi connectivity index (χ1) is 10.0. The summed E-state index contributed by atoms with van der Waals surface area (Å²) < 4.78 is 6.54. The van der Waals surface area contributed by atoms with Gasteiger partial charge >= 0.3 is 6.09 Å². The molecule has 1 aliphatic rings. The highest BCUT2D eigenvalue weighted by Gasteiger charge is 2.36. The maximum atomic E-state index is 12.8. The Labute approximate surface area is 124 Å². The van der Waals surface area contributed by atoms with Crippen molar-refractivity contribution in [3.8, 4) is 0 Å². The summed E-state index contributed by atoms with van der Waals surface area (Å²) in [6, 6.07) is -0.582. The molecule has 7 heteroatoms. The molecule has 2 amide bonds. The van der Waals surface area contributed by atoms with E-state index in [9.17, 15) is 9.59 Å². The van der Waals surface area contributed by atoms with E-state index in [1.807, 2.05) is 29.5 Å². The second-order valence-electron chi connectivity index (χ2n) is 5.52. The highest BCUT2D eigenvalue weighted by Crippen LogP contribution is 2.28. The smallest absolute Gasteiger partial charge is 0.407 e. The van der Waals surface area contributed by atoms with Gasteiger partial charge in [-0.2, -0.15) is 0 Å². The van der Waals surface area contributed by atoms with E-state index in [1.165, 1.54) is 7.11 Å². The normalized spacial score (nSPS) is 19.6. The number of ether oxygens (including phenoxy) is 1. The van der Waals surface area contributed by atoms with Crippen LogP contribution < -0.4 is 5.32 Å². The van der Waals surface area contributed by atoms with E-state index >= 15 is 0 Å². The minimum absolute atomic E-state index is 0.0133. The van der Waals surface area contributed by atoms with Crippen LogP contribution in [0.4, 0.5) is 4.79 Å². The van der Waals surface area contributed by atoms with E-state index in [4.69, 9.17) is 0 Å². The van der Waals surface area contributed by atoms with Crippen LogP contribution >= 0.6 is 0 Å². The Morgan fingerprint density at radius 3 is 2.76 bits per heavy atom. The van der Waals surface area contributed by atoms with Gasteiger partial charge < -0.3 is 19.5 Å². The van der Waals surface area contributed by atoms with Crippen molar-refractivity contribution in [2.45, 2.75) is 38.9 Å². The highest BCUT2D eigenvalue weighted by molar-refractivity contribution is 5.86. The lowest BCUT2D eigenvalue weighted by atomic mass is 10.0. The summed E-state index contributed by atoms with van der Waals surface area (Å²) in [4.78, 5) is 30.0. The zero-order chi connectivity index (χ0) is 15.4. The van der Waals surface area contributed by atoms with Crippen molar-refractivity contribution in [1.29, 1.82) is 0 Å². The molecule has 21 heavy (non-hydrogen) atoms. The summed E-state index contributed by atoms with van der Waals surface area (Å²) in [6.07, 6.45) is 6.50. The summed E-state index contributed by atoms with van der Waals surface area (Å²) >= 11 is 0. The van der Waals surface area contributed by atoms with Crippen LogP contribution in [0.1, 0.15) is 32.9 Å². The maximum absolute atomic E-state index is 12.8. The number of hydrogen-bond acceptors (Lipinski definition) is 4. The fourth-order valence-corrected chi connectivity index (χ4v) is 2.64. The molecule has 7 nitrogen and oxygen atoms in total. The van der Waals surface area contributed by atoms with E-state index in [-0.39, 0.29) is 18.0 Å². The van der Waals surface area contributed by atoms with E-state index in [0.29, 0.717) is 6.54 Å². The van der Waals surface area contributed by atoms with Gasteiger partial charge in [0.25, 0.3) is 0 Å². The number of carbonyl (C=O) groups is 2. The number of hydrogen-bond donors (Lipinski definition) is 1. The molecular weight excluding hydrogens is 272 g/mol. The van der Waals surface area contributed by atoms with Gasteiger partial charge in [0.05, 0.1) is 13.4 Å². The van der Waals surface area contributed by atoms with Crippen molar-refractivity contribution in [2.24, 2.45) is 5.92 Å². The lowest BCUT2D eigenvalue weighted by Crippen LogP contribution is -2.51. The predicted octanol–water partition coefficient (Wildman–Crippen LogP) is 1.38. The number of aromatic nitrogens is 2. The van der Waals surface area contributed by atoms with Crippen LogP contribution in [0.25, 0.3) is 0 Å². The quantitative estimate of drug-likeness (QED) is 0.910. The first kappa shape index (κ1) is 15.3. The minimum Gasteiger partial charge on any atom is -0.453 e. The summed E-state index contributed by atoms with van der Waals surface area (Å²) in [5.41, 5.74) is 0. The monoisotopic (exact) mass is 294 g/mol. The predicted molar refractivity (Wildman–Crippen MR) is 76.4 cm³/mol. The largest absolute Gasteiger partial charge is 0.453 e. The van der Waals surface area contributed by atoms with Crippen molar-refractivity contribution >= 4 is 12.0 Å². The Morgan fingerprint density at radius 2 is 2.19 bits per heavy atom. The van der Waals surface area contributed by atoms with Gasteiger partial charge in [-0.05, 0) is 18.8 Å². The fourth-order valence-electron chi connectivity index (χ4n) is 2.64. The number of amides is 2. The van der Waals surface area contributed by atoms with Crippen molar-refractivity contribution in [2.75, 3.05) is 13.7 Å². The van der Waals surface area contributed by atoms with E-state index in [2.05, 4.69) is 15.0 Å². The average Bonchev–Trinajstić information content (AvgIpc) is 3.12. The molecule has 1 aromatic rings. The first-order valence-corrected chi connectivity index (χ1v) is 7.17. The molecule has 0 aromatic carbocycles. The number of alkyl carbamates (subject to hydrolysis) is 1. The molecular formula is C14H22N4O3. The zero-order valence-electron chi connectivity index (χ0n) is 12.7. The molecule has 1 N–H and O–H groups in total. The van der Waals surface area contributed by atoms with Crippen LogP contribution in [0.15, 0.2) is 18.7 Å². The number of nitrogens with zero attached hydrogens (tertiary/aromatic N) is 3. The van der Waals surface area contributed by atoms with Crippen LogP contribution in [0.5, 0.6) is 0 Å². The summed E-state index contributed by atoms with van der Waals surface area (Å²) in [7, 11) is 1.29. The standard InChI is InChI=1S/C14H22N4O3/c1-10(2)12(16-14(20)21-3)13(19)18-7-4-5-11(18)17-8-6-15-9-17/h6,8-12H,4-5,7H2,1-3H3,(H,16,20)/t11-,12-/m0/s1. The van der Waals surface area contributed by atoms with Gasteiger partial charge in [-0.15, -0.1) is 0 Å². The average molecular weight is 294 g/mol. The Hall–Kier alpha value is -2.05. The second kappa shape index (κ2) is 6.60. The molecule has 1 fully saturated rings. The van der Waals surface area contributed by atoms with Crippen LogP contribution in [0.2, 0.25) is 0 Å². The number of likely N-dealkylation sites (tertiary alicyclic amines) is 1. The second-order valence-corrected chi connectivity index (χ2v) is 5.52. The number of carbonyl (C=O) groups excluding carboxylic acids is 2. The van der Waals surface area contributed by atoms with Gasteiger partial charge in [0.1, 0.15) is 12.2 Å². The summed E-state index contributed by atoms with van der Waals surface area (Å²) in [5.74, 6) is -0.0905. The van der Waals surface area contributed by atoms with Gasteiger partial charge in [-0.3, -0.25) is 4.79 Å². The molecule has 0 radical (unpaired) electrons. The van der Waals surface area contributed by atoms with Gasteiger partial charge in [0, 0.05) is 18.9 Å². The van der Waals surface area contributed by atoms with Crippen molar-refractivity contribution in [3.63, 3.8) is 0 Å². The number of nitrogens with one attached hydrogen (secondary N) is 1. The molecule has 2 atom stereocenters. The third-order valence-corrected chi connectivity index (χ3v) is 3.76. The molecule has 0 bridgehead atoms. The maximum Gasteiger partial charge on any atom is 0.407 e. The topological polar surface area (TPSA) is 76.5 Å². The third kappa shape index (κ3) is 3.34. The lowest BCUT2D eigenvalue weighted by Gasteiger charge is -2.31. The molecule has 0 aliphatic carbocycles. The fraction of sp³-hybridized carbons (Fsp3) is 0.643. The molecule has 0 unspecified atom stereocenters. The zero-order valence-corrected chi connectivity index (χ0v) is 12.7. The molecule has 0 saturated carbocycles. The van der Waals surface area contributed by atoms with Crippen molar-refractivity contribution in [1.82, 2.24) is 19.8 Å². The lowest BCUT2D eigenvalue weighted by molar-refractivity contribution is -0.136. The number of methoxy groups -OCH3 is 1. The summed E-state index contributed by atoms with van der Waals surface area (Å²) in [6.45, 7) is 4.50. The molecule has 1 aromatic heterocycles. The first-order valence-electron chi connectivity index (χ1n) is 7.17. The van der Waals surface area contributed by atoms with Crippen LogP contribution in [0.3, 0.4) is 0 Å². The third-order valence-electron chi connectivity index (χ3n) is 3.76. The minimum atomic E-state index is -0.583. The van der Waals surface area contributed by atoms with E-state index in [1.54, 1.807) is 12.5 Å². The van der Waals surface area contributed by atoms with Gasteiger partial charge in [-0.25, -0.2) is 9.78 Å². The van der Waals surface area contributed by atoms with Crippen LogP contribution in [-0.2, 0) is 9.53 Å². The van der Waals surface area contributed by atoms with Crippen LogP contribution in [0, 0.1) is 5.92 Å². The van der Waals surface area contributed by atoms with Crippen LogP contribution in [-0.4, -0.2) is 46.1 Å². The van der Waals surface area contributed by atoms with Crippen molar-refractivity contribution in [3.05, 3.63) is 18.7 Å². The molecule has 116 valence electrons. The van der Waals surface area contributed by atoms with E-state index in [0.717, 1.165) is 12.8 Å². The van der Waals surface area contributed by atoms with E-state index < -0.39 is 12.1 Å². The Bertz CT molecular complexity index is 486. The number of rotatable bonds is 4. The summed E-state index contributed by atoms with van der Waals surface area (Å²) in [5, 5.41) is 2.63. The van der Waals surface area contributed by atoms with Crippen molar-refractivity contribution < 1.29 is 14.3 Å². The molecule has 0 spiro atoms. The molecule has 1 saturated heterocycles. The molecule has 1 aliphatic heterocycles. The SMILES string of the molecule is COC(=O)N[C@H](C(=O)N1CCC[C@H]1n1ccnc1)C(C)C. The molecule has 2 rings (SSSR count).